The number of oxazole rings is 1. The molecule has 0 N–H and O–H groups in total. The van der Waals surface area contributed by atoms with Crippen molar-refractivity contribution in [2.75, 3.05) is 31.6 Å². The summed E-state index contributed by atoms with van der Waals surface area (Å²) in [7, 11) is 2.00. The number of anilines is 1. The number of amidine groups is 1. The van der Waals surface area contributed by atoms with E-state index >= 15 is 0 Å². The van der Waals surface area contributed by atoms with E-state index in [0.717, 1.165) is 54.7 Å². The first-order valence-corrected chi connectivity index (χ1v) is 10.3. The van der Waals surface area contributed by atoms with Crippen LogP contribution in [0.25, 0.3) is 12.2 Å². The highest BCUT2D eigenvalue weighted by molar-refractivity contribution is 5.75. The average Bonchev–Trinajstić information content (AvgIpc) is 3.00. The fourth-order valence-corrected chi connectivity index (χ4v) is 2.73. The largest absolute Gasteiger partial charge is 0.431 e. The second-order valence-electron chi connectivity index (χ2n) is 6.96. The molecular weight excluding hydrogens is 364 g/mol. The van der Waals surface area contributed by atoms with Crippen molar-refractivity contribution in [2.45, 2.75) is 47.5 Å². The molecule has 29 heavy (non-hydrogen) atoms. The molecule has 0 unspecified atom stereocenters. The second-order valence-corrected chi connectivity index (χ2v) is 6.96. The van der Waals surface area contributed by atoms with Gasteiger partial charge in [-0.3, -0.25) is 0 Å². The van der Waals surface area contributed by atoms with Crippen molar-refractivity contribution in [2.24, 2.45) is 4.99 Å². The summed E-state index contributed by atoms with van der Waals surface area (Å²) in [6, 6.07) is 1.29. The Balaban J connectivity index is 2.03. The van der Waals surface area contributed by atoms with Crippen LogP contribution in [0.5, 0.6) is 0 Å². The quantitative estimate of drug-likeness (QED) is 0.381. The molecule has 1 aromatic heterocycles. The predicted molar refractivity (Wildman–Crippen MR) is 121 cm³/mol. The van der Waals surface area contributed by atoms with E-state index in [1.165, 1.54) is 0 Å². The standard InChI is InChI=1S/C23H34N4O2/c1-7-18(4)24-22(28-19(5)8-2)26(6)16-13-17-27(9-3)23-25-20-14-11-10-12-15-21(20)29-23/h7-8,10,12,14-15H,9,11,13,16-17H2,1-6H3/b18-7+,19-8+,24-22?. The van der Waals surface area contributed by atoms with Crippen LogP contribution in [-0.4, -0.2) is 42.6 Å². The van der Waals surface area contributed by atoms with Crippen molar-refractivity contribution in [3.63, 3.8) is 0 Å². The summed E-state index contributed by atoms with van der Waals surface area (Å²) in [5, 5.41) is 0.923. The summed E-state index contributed by atoms with van der Waals surface area (Å²) in [4.78, 5) is 13.5. The molecule has 6 heteroatoms. The fraction of sp³-hybridized carbons (Fsp3) is 0.478. The van der Waals surface area contributed by atoms with E-state index in [-0.39, 0.29) is 0 Å². The number of fused-ring (bicyclic) bond motifs is 1. The fourth-order valence-electron chi connectivity index (χ4n) is 2.73. The molecule has 0 aliphatic heterocycles. The number of nitrogens with zero attached hydrogens (tertiary/aromatic N) is 4. The van der Waals surface area contributed by atoms with Gasteiger partial charge in [-0.25, -0.2) is 4.99 Å². The van der Waals surface area contributed by atoms with Gasteiger partial charge in [0.2, 0.25) is 0 Å². The summed E-state index contributed by atoms with van der Waals surface area (Å²) >= 11 is 0. The summed E-state index contributed by atoms with van der Waals surface area (Å²) in [6.07, 6.45) is 13.9. The number of aliphatic imine (C=N–C) groups is 1. The number of allylic oxidation sites excluding steroid dienone is 6. The Hall–Kier alpha value is -2.76. The van der Waals surface area contributed by atoms with Gasteiger partial charge in [-0.1, -0.05) is 24.3 Å². The van der Waals surface area contributed by atoms with Crippen LogP contribution in [0, 0.1) is 0 Å². The van der Waals surface area contributed by atoms with Crippen LogP contribution >= 0.6 is 0 Å². The Morgan fingerprint density at radius 1 is 1.28 bits per heavy atom. The highest BCUT2D eigenvalue weighted by atomic mass is 16.5. The zero-order valence-electron chi connectivity index (χ0n) is 18.6. The van der Waals surface area contributed by atoms with Gasteiger partial charge in [0.05, 0.1) is 0 Å². The molecule has 1 aromatic rings. The van der Waals surface area contributed by atoms with E-state index in [0.29, 0.717) is 12.0 Å². The molecular formula is C23H34N4O2. The van der Waals surface area contributed by atoms with E-state index in [2.05, 4.69) is 34.0 Å². The van der Waals surface area contributed by atoms with E-state index in [4.69, 9.17) is 9.15 Å². The van der Waals surface area contributed by atoms with Crippen molar-refractivity contribution < 1.29 is 9.15 Å². The Morgan fingerprint density at radius 2 is 2.07 bits per heavy atom. The average molecular weight is 399 g/mol. The van der Waals surface area contributed by atoms with Crippen molar-refractivity contribution in [1.82, 2.24) is 9.88 Å². The van der Waals surface area contributed by atoms with Gasteiger partial charge < -0.3 is 19.0 Å². The number of ether oxygens (including phenoxy) is 1. The second kappa shape index (κ2) is 11.3. The van der Waals surface area contributed by atoms with Crippen LogP contribution in [0.3, 0.4) is 0 Å². The first-order valence-electron chi connectivity index (χ1n) is 10.3. The molecule has 2 rings (SSSR count). The van der Waals surface area contributed by atoms with E-state index in [9.17, 15) is 0 Å². The first-order chi connectivity index (χ1) is 14.0. The third-order valence-electron chi connectivity index (χ3n) is 4.75. The van der Waals surface area contributed by atoms with Crippen LogP contribution in [0.4, 0.5) is 6.01 Å². The maximum atomic E-state index is 5.98. The van der Waals surface area contributed by atoms with Crippen LogP contribution in [-0.2, 0) is 4.74 Å². The SMILES string of the molecule is C/C=C(\C)N=C(O/C(C)=C/C)N(C)CCCN(CC)c1nc2c(o1)=CC=CCC=2. The van der Waals surface area contributed by atoms with Gasteiger partial charge in [-0.05, 0) is 59.6 Å². The molecule has 0 amide bonds. The minimum absolute atomic E-state index is 0.609. The molecule has 0 spiro atoms. The van der Waals surface area contributed by atoms with E-state index in [1.807, 2.05) is 63.9 Å². The molecule has 0 saturated heterocycles. The Bertz CT molecular complexity index is 906. The molecule has 0 fully saturated rings. The zero-order chi connectivity index (χ0) is 21.2. The molecule has 158 valence electrons. The number of hydrogen-bond donors (Lipinski definition) is 0. The minimum atomic E-state index is 0.609. The topological polar surface area (TPSA) is 54.1 Å². The zero-order valence-corrected chi connectivity index (χ0v) is 18.6. The van der Waals surface area contributed by atoms with Gasteiger partial charge in [0.25, 0.3) is 12.0 Å². The lowest BCUT2D eigenvalue weighted by Gasteiger charge is -2.23. The monoisotopic (exact) mass is 398 g/mol. The lowest BCUT2D eigenvalue weighted by atomic mass is 10.3. The van der Waals surface area contributed by atoms with Gasteiger partial charge >= 0.3 is 0 Å². The molecule has 1 aliphatic rings. The van der Waals surface area contributed by atoms with Gasteiger partial charge in [0.15, 0.2) is 5.42 Å². The maximum absolute atomic E-state index is 5.98. The predicted octanol–water partition coefficient (Wildman–Crippen LogP) is 3.56. The lowest BCUT2D eigenvalue weighted by molar-refractivity contribution is 0.316. The molecule has 0 radical (unpaired) electrons. The molecule has 0 bridgehead atoms. The third-order valence-corrected chi connectivity index (χ3v) is 4.75. The molecule has 0 atom stereocenters. The van der Waals surface area contributed by atoms with Gasteiger partial charge in [0.1, 0.15) is 11.1 Å². The summed E-state index contributed by atoms with van der Waals surface area (Å²) in [5.41, 5.74) is 1.75. The van der Waals surface area contributed by atoms with Gasteiger partial charge in [0, 0.05) is 32.4 Å². The summed E-state index contributed by atoms with van der Waals surface area (Å²) < 4.78 is 11.9. The van der Waals surface area contributed by atoms with Crippen LogP contribution in [0.1, 0.15) is 47.5 Å². The molecule has 0 aromatic carbocycles. The van der Waals surface area contributed by atoms with E-state index in [1.54, 1.807) is 0 Å². The van der Waals surface area contributed by atoms with E-state index < -0.39 is 0 Å². The van der Waals surface area contributed by atoms with Crippen molar-refractivity contribution in [1.29, 1.82) is 0 Å². The van der Waals surface area contributed by atoms with Gasteiger partial charge in [-0.2, -0.15) is 4.98 Å². The Kier molecular flexibility index (Phi) is 8.77. The Labute approximate surface area is 174 Å². The molecule has 0 saturated carbocycles. The normalized spacial score (nSPS) is 14.6. The van der Waals surface area contributed by atoms with Crippen molar-refractivity contribution in [3.05, 3.63) is 46.5 Å². The van der Waals surface area contributed by atoms with Crippen LogP contribution < -0.4 is 15.7 Å². The molecule has 1 heterocycles. The number of rotatable bonds is 8. The van der Waals surface area contributed by atoms with Gasteiger partial charge in [-0.15, -0.1) is 0 Å². The molecule has 6 nitrogen and oxygen atoms in total. The number of hydrogen-bond acceptors (Lipinski definition) is 5. The smallest absolute Gasteiger partial charge is 0.298 e. The summed E-state index contributed by atoms with van der Waals surface area (Å²) in [6.45, 7) is 12.4. The first kappa shape index (κ1) is 22.5. The summed E-state index contributed by atoms with van der Waals surface area (Å²) in [5.74, 6) is 0.831. The van der Waals surface area contributed by atoms with Crippen LogP contribution in [0.15, 0.2) is 45.2 Å². The minimum Gasteiger partial charge on any atom is -0.431 e. The lowest BCUT2D eigenvalue weighted by Crippen LogP contribution is -2.33. The third kappa shape index (κ3) is 6.66. The molecule has 1 aliphatic carbocycles. The van der Waals surface area contributed by atoms with Crippen LogP contribution in [0.2, 0.25) is 0 Å². The number of aromatic nitrogens is 1. The highest BCUT2D eigenvalue weighted by Gasteiger charge is 2.14. The Morgan fingerprint density at radius 3 is 2.76 bits per heavy atom. The highest BCUT2D eigenvalue weighted by Crippen LogP contribution is 2.09. The maximum Gasteiger partial charge on any atom is 0.298 e. The van der Waals surface area contributed by atoms with Crippen molar-refractivity contribution >= 4 is 24.2 Å². The van der Waals surface area contributed by atoms with Crippen molar-refractivity contribution in [3.8, 4) is 0 Å².